The van der Waals surface area contributed by atoms with Gasteiger partial charge in [-0.3, -0.25) is 5.75 Å². The van der Waals surface area contributed by atoms with Crippen molar-refractivity contribution in [2.24, 2.45) is 0 Å². The summed E-state index contributed by atoms with van der Waals surface area (Å²) >= 11 is 7.75. The number of hydrogen-bond acceptors (Lipinski definition) is 2. The Hall–Kier alpha value is 0.700. The molecular formula is C3H7S2-. The molecule has 0 saturated heterocycles. The van der Waals surface area contributed by atoms with Gasteiger partial charge in [-0.15, -0.1) is 0 Å². The fourth-order valence-electron chi connectivity index (χ4n) is 0.0577. The van der Waals surface area contributed by atoms with E-state index in [0.717, 1.165) is 12.2 Å². The SMILES string of the molecule is S[CH-]CCS. The second kappa shape index (κ2) is 4.70. The molecule has 5 heavy (non-hydrogen) atoms. The zero-order chi connectivity index (χ0) is 4.12. The molecule has 0 radical (unpaired) electrons. The maximum absolute atomic E-state index is 3.92. The van der Waals surface area contributed by atoms with Crippen molar-refractivity contribution < 1.29 is 0 Å². The third kappa shape index (κ3) is 4.70. The molecule has 0 spiro atoms. The monoisotopic (exact) mass is 107 g/mol. The smallest absolute Gasteiger partial charge is 0.0362 e. The van der Waals surface area contributed by atoms with Crippen molar-refractivity contribution in [2.75, 3.05) is 5.75 Å². The molecule has 0 aromatic carbocycles. The average Bonchev–Trinajstić information content (AvgIpc) is 1.41. The Bertz CT molecular complexity index is 12.4. The first-order valence-corrected chi connectivity index (χ1v) is 2.63. The zero-order valence-electron chi connectivity index (χ0n) is 2.89. The molecule has 0 nitrogen and oxygen atoms in total. The lowest BCUT2D eigenvalue weighted by Crippen LogP contribution is -1.64. The van der Waals surface area contributed by atoms with Gasteiger partial charge in [-0.1, -0.05) is 0 Å². The molecule has 32 valence electrons. The number of hydrogen-bond donors (Lipinski definition) is 2. The van der Waals surface area contributed by atoms with Crippen LogP contribution in [0.4, 0.5) is 0 Å². The average molecular weight is 107 g/mol. The van der Waals surface area contributed by atoms with E-state index in [1.54, 1.807) is 5.75 Å². The minimum absolute atomic E-state index is 0.906. The van der Waals surface area contributed by atoms with E-state index >= 15 is 0 Å². The van der Waals surface area contributed by atoms with Crippen molar-refractivity contribution >= 4 is 25.3 Å². The second-order valence-corrected chi connectivity index (χ2v) is 1.51. The van der Waals surface area contributed by atoms with Crippen LogP contribution in [0.15, 0.2) is 0 Å². The Morgan fingerprint density at radius 1 is 1.60 bits per heavy atom. The third-order valence-electron chi connectivity index (χ3n) is 0.258. The highest BCUT2D eigenvalue weighted by Gasteiger charge is 1.57. The molecule has 0 amide bonds. The lowest BCUT2D eigenvalue weighted by Gasteiger charge is -1.92. The maximum Gasteiger partial charge on any atom is -0.0362 e. The van der Waals surface area contributed by atoms with Crippen molar-refractivity contribution in [3.63, 3.8) is 0 Å². The van der Waals surface area contributed by atoms with Crippen molar-refractivity contribution in [1.82, 2.24) is 0 Å². The van der Waals surface area contributed by atoms with E-state index in [9.17, 15) is 0 Å². The van der Waals surface area contributed by atoms with Crippen LogP contribution in [0.25, 0.3) is 0 Å². The fraction of sp³-hybridized carbons (Fsp3) is 0.667. The molecule has 0 aliphatic heterocycles. The lowest BCUT2D eigenvalue weighted by atomic mass is 10.6. The van der Waals surface area contributed by atoms with Gasteiger partial charge in [0.2, 0.25) is 0 Å². The van der Waals surface area contributed by atoms with Crippen LogP contribution >= 0.6 is 25.3 Å². The lowest BCUT2D eigenvalue weighted by molar-refractivity contribution is 1.23. The van der Waals surface area contributed by atoms with Crippen molar-refractivity contribution in [2.45, 2.75) is 6.42 Å². The van der Waals surface area contributed by atoms with Crippen LogP contribution in [0, 0.1) is 5.75 Å². The number of rotatable bonds is 2. The van der Waals surface area contributed by atoms with Gasteiger partial charge in [0.1, 0.15) is 0 Å². The predicted octanol–water partition coefficient (Wildman–Crippen LogP) is 1.40. The van der Waals surface area contributed by atoms with Crippen LogP contribution in [-0.2, 0) is 0 Å². The number of thiol groups is 2. The summed E-state index contributed by atoms with van der Waals surface area (Å²) in [5, 5.41) is 0. The zero-order valence-corrected chi connectivity index (χ0v) is 4.67. The van der Waals surface area contributed by atoms with E-state index in [1.165, 1.54) is 0 Å². The molecule has 0 saturated carbocycles. The fourth-order valence-corrected chi connectivity index (χ4v) is 0.520. The molecule has 0 heterocycles. The summed E-state index contributed by atoms with van der Waals surface area (Å²) in [5.74, 6) is 2.70. The van der Waals surface area contributed by atoms with Gasteiger partial charge in [-0.2, -0.15) is 19.0 Å². The highest BCUT2D eigenvalue weighted by molar-refractivity contribution is 7.82. The van der Waals surface area contributed by atoms with Gasteiger partial charge in [0.25, 0.3) is 0 Å². The highest BCUT2D eigenvalue weighted by Crippen LogP contribution is 1.90. The van der Waals surface area contributed by atoms with Crippen molar-refractivity contribution in [1.29, 1.82) is 0 Å². The Morgan fingerprint density at radius 3 is 2.20 bits per heavy atom. The third-order valence-corrected chi connectivity index (χ3v) is 0.775. The molecule has 0 aliphatic rings. The van der Waals surface area contributed by atoms with E-state index in [1.807, 2.05) is 0 Å². The summed E-state index contributed by atoms with van der Waals surface area (Å²) in [6, 6.07) is 0. The Kier molecular flexibility index (Phi) is 5.36. The van der Waals surface area contributed by atoms with Crippen LogP contribution in [0.3, 0.4) is 0 Å². The topological polar surface area (TPSA) is 0 Å². The minimum atomic E-state index is 0.906. The molecule has 0 rings (SSSR count). The van der Waals surface area contributed by atoms with Gasteiger partial charge < -0.3 is 12.6 Å². The minimum Gasteiger partial charge on any atom is -0.369 e. The highest BCUT2D eigenvalue weighted by atomic mass is 32.1. The molecule has 0 N–H and O–H groups in total. The van der Waals surface area contributed by atoms with Gasteiger partial charge in [0.05, 0.1) is 0 Å². The summed E-state index contributed by atoms with van der Waals surface area (Å²) in [6.07, 6.45) is 0.992. The van der Waals surface area contributed by atoms with Crippen molar-refractivity contribution in [3.8, 4) is 0 Å². The van der Waals surface area contributed by atoms with Gasteiger partial charge in [-0.05, 0) is 5.75 Å². The van der Waals surface area contributed by atoms with Crippen molar-refractivity contribution in [3.05, 3.63) is 5.75 Å². The summed E-state index contributed by atoms with van der Waals surface area (Å²) < 4.78 is 0. The molecule has 0 bridgehead atoms. The quantitative estimate of drug-likeness (QED) is 0.387. The van der Waals surface area contributed by atoms with Crippen LogP contribution in [-0.4, -0.2) is 5.75 Å². The van der Waals surface area contributed by atoms with Crippen LogP contribution in [0.5, 0.6) is 0 Å². The van der Waals surface area contributed by atoms with Crippen LogP contribution < -0.4 is 0 Å². The molecule has 0 fully saturated rings. The van der Waals surface area contributed by atoms with E-state index in [-0.39, 0.29) is 0 Å². The Balaban J connectivity index is 2.19. The van der Waals surface area contributed by atoms with Gasteiger partial charge >= 0.3 is 0 Å². The van der Waals surface area contributed by atoms with Gasteiger partial charge in [0.15, 0.2) is 0 Å². The predicted molar refractivity (Wildman–Crippen MR) is 31.8 cm³/mol. The first-order valence-electron chi connectivity index (χ1n) is 1.48. The normalized spacial score (nSPS) is 8.40. The molecule has 2 heteroatoms. The Morgan fingerprint density at radius 2 is 2.20 bits per heavy atom. The maximum atomic E-state index is 3.92. The molecule has 0 aliphatic carbocycles. The molecule has 0 unspecified atom stereocenters. The van der Waals surface area contributed by atoms with Crippen LogP contribution in [0.2, 0.25) is 0 Å². The van der Waals surface area contributed by atoms with E-state index in [2.05, 4.69) is 25.3 Å². The first kappa shape index (κ1) is 5.70. The van der Waals surface area contributed by atoms with Crippen LogP contribution in [0.1, 0.15) is 6.42 Å². The van der Waals surface area contributed by atoms with Gasteiger partial charge in [-0.25, -0.2) is 0 Å². The summed E-state index contributed by atoms with van der Waals surface area (Å²) in [4.78, 5) is 0. The van der Waals surface area contributed by atoms with E-state index in [0.29, 0.717) is 0 Å². The molecule has 0 aromatic rings. The Labute approximate surface area is 43.8 Å². The molecular weight excluding hydrogens is 100 g/mol. The van der Waals surface area contributed by atoms with Gasteiger partial charge in [0, 0.05) is 0 Å². The van der Waals surface area contributed by atoms with E-state index in [4.69, 9.17) is 0 Å². The molecule has 0 atom stereocenters. The first-order chi connectivity index (χ1) is 2.41. The largest absolute Gasteiger partial charge is 0.369 e. The van der Waals surface area contributed by atoms with E-state index < -0.39 is 0 Å². The summed E-state index contributed by atoms with van der Waals surface area (Å²) in [7, 11) is 0. The summed E-state index contributed by atoms with van der Waals surface area (Å²) in [6.45, 7) is 0. The molecule has 0 aromatic heterocycles. The standard InChI is InChI=1S/C3H7S2/c4-2-1-3-5/h2,4-5H,1,3H2/q-1. The summed E-state index contributed by atoms with van der Waals surface area (Å²) in [5.41, 5.74) is 0. The second-order valence-electron chi connectivity index (χ2n) is 0.695.